The monoisotopic (exact) mass is 306 g/mol. The Labute approximate surface area is 132 Å². The van der Waals surface area contributed by atoms with E-state index < -0.39 is 0 Å². The number of para-hydroxylation sites is 1. The lowest BCUT2D eigenvalue weighted by Gasteiger charge is -2.25. The van der Waals surface area contributed by atoms with Gasteiger partial charge < -0.3 is 14.8 Å². The predicted molar refractivity (Wildman–Crippen MR) is 85.9 cm³/mol. The molecule has 0 radical (unpaired) electrons. The van der Waals surface area contributed by atoms with Crippen molar-refractivity contribution in [2.45, 2.75) is 31.9 Å². The van der Waals surface area contributed by atoms with Gasteiger partial charge in [-0.25, -0.2) is 0 Å². The maximum Gasteiger partial charge on any atom is 0.221 e. The number of carbonyl (C=O) groups is 1. The van der Waals surface area contributed by atoms with E-state index in [-0.39, 0.29) is 12.0 Å². The Hall–Kier alpha value is -1.59. The molecule has 0 bridgehead atoms. The second kappa shape index (κ2) is 8.76. The Morgan fingerprint density at radius 1 is 1.45 bits per heavy atom. The third kappa shape index (κ3) is 5.00. The average Bonchev–Trinajstić information content (AvgIpc) is 3.05. The minimum atomic E-state index is 0.0670. The normalized spacial score (nSPS) is 17.7. The number of ether oxygens (including phenoxy) is 2. The van der Waals surface area contributed by atoms with Crippen LogP contribution in [0.2, 0.25) is 0 Å². The van der Waals surface area contributed by atoms with E-state index >= 15 is 0 Å². The Morgan fingerprint density at radius 2 is 2.27 bits per heavy atom. The van der Waals surface area contributed by atoms with E-state index in [9.17, 15) is 4.79 Å². The molecule has 1 heterocycles. The summed E-state index contributed by atoms with van der Waals surface area (Å²) in [6, 6.07) is 8.03. The topological polar surface area (TPSA) is 50.8 Å². The molecule has 1 saturated heterocycles. The number of nitrogens with zero attached hydrogens (tertiary/aromatic N) is 1. The number of hydrogen-bond acceptors (Lipinski definition) is 4. The molecule has 1 aliphatic heterocycles. The van der Waals surface area contributed by atoms with Crippen molar-refractivity contribution in [1.82, 2.24) is 10.2 Å². The van der Waals surface area contributed by atoms with E-state index in [1.807, 2.05) is 18.2 Å². The van der Waals surface area contributed by atoms with Gasteiger partial charge in [0.2, 0.25) is 5.91 Å². The second-order valence-electron chi connectivity index (χ2n) is 5.61. The fourth-order valence-corrected chi connectivity index (χ4v) is 2.77. The highest BCUT2D eigenvalue weighted by Gasteiger charge is 2.20. The molecule has 1 aromatic carbocycles. The van der Waals surface area contributed by atoms with Crippen LogP contribution in [-0.4, -0.2) is 50.8 Å². The van der Waals surface area contributed by atoms with Crippen LogP contribution in [0, 0.1) is 0 Å². The second-order valence-corrected chi connectivity index (χ2v) is 5.61. The number of hydrogen-bond donors (Lipinski definition) is 1. The minimum Gasteiger partial charge on any atom is -0.496 e. The van der Waals surface area contributed by atoms with Gasteiger partial charge in [-0.15, -0.1) is 0 Å². The fraction of sp³-hybridized carbons (Fsp3) is 0.588. The number of benzene rings is 1. The van der Waals surface area contributed by atoms with E-state index in [4.69, 9.17) is 9.47 Å². The van der Waals surface area contributed by atoms with Crippen molar-refractivity contribution in [2.75, 3.05) is 33.9 Å². The van der Waals surface area contributed by atoms with Crippen molar-refractivity contribution in [3.63, 3.8) is 0 Å². The molecule has 1 fully saturated rings. The van der Waals surface area contributed by atoms with E-state index in [2.05, 4.69) is 16.3 Å². The number of nitrogens with one attached hydrogen (secondary N) is 1. The molecule has 1 atom stereocenters. The van der Waals surface area contributed by atoms with E-state index in [0.717, 1.165) is 50.4 Å². The van der Waals surface area contributed by atoms with Crippen molar-refractivity contribution in [1.29, 1.82) is 0 Å². The highest BCUT2D eigenvalue weighted by atomic mass is 16.5. The fourth-order valence-electron chi connectivity index (χ4n) is 2.77. The third-order valence-corrected chi connectivity index (χ3v) is 4.01. The first-order chi connectivity index (χ1) is 10.7. The Balaban J connectivity index is 2.00. The highest BCUT2D eigenvalue weighted by molar-refractivity contribution is 5.75. The van der Waals surface area contributed by atoms with Crippen LogP contribution in [0.25, 0.3) is 0 Å². The van der Waals surface area contributed by atoms with Crippen LogP contribution in [0.1, 0.15) is 24.8 Å². The first kappa shape index (κ1) is 16.8. The lowest BCUT2D eigenvalue weighted by molar-refractivity contribution is -0.121. The summed E-state index contributed by atoms with van der Waals surface area (Å²) < 4.78 is 11.2. The van der Waals surface area contributed by atoms with Crippen LogP contribution in [-0.2, 0) is 16.1 Å². The van der Waals surface area contributed by atoms with Gasteiger partial charge in [0, 0.05) is 45.3 Å². The smallest absolute Gasteiger partial charge is 0.221 e. The van der Waals surface area contributed by atoms with Gasteiger partial charge in [0.25, 0.3) is 0 Å². The largest absolute Gasteiger partial charge is 0.496 e. The van der Waals surface area contributed by atoms with Gasteiger partial charge in [0.1, 0.15) is 5.75 Å². The molecule has 2 rings (SSSR count). The maximum absolute atomic E-state index is 11.5. The Morgan fingerprint density at radius 3 is 2.95 bits per heavy atom. The van der Waals surface area contributed by atoms with Gasteiger partial charge >= 0.3 is 0 Å². The molecule has 1 N–H and O–H groups in total. The lowest BCUT2D eigenvalue weighted by Crippen LogP contribution is -2.35. The van der Waals surface area contributed by atoms with Crippen molar-refractivity contribution >= 4 is 5.91 Å². The number of amides is 1. The quantitative estimate of drug-likeness (QED) is 0.796. The molecule has 5 heteroatoms. The zero-order valence-electron chi connectivity index (χ0n) is 13.5. The van der Waals surface area contributed by atoms with E-state index in [1.165, 1.54) is 0 Å². The van der Waals surface area contributed by atoms with Crippen LogP contribution in [0.15, 0.2) is 24.3 Å². The molecule has 5 nitrogen and oxygen atoms in total. The summed E-state index contributed by atoms with van der Waals surface area (Å²) in [5.41, 5.74) is 1.14. The first-order valence-corrected chi connectivity index (χ1v) is 7.89. The molecule has 0 unspecified atom stereocenters. The summed E-state index contributed by atoms with van der Waals surface area (Å²) >= 11 is 0. The third-order valence-electron chi connectivity index (χ3n) is 4.01. The summed E-state index contributed by atoms with van der Waals surface area (Å²) in [4.78, 5) is 13.8. The van der Waals surface area contributed by atoms with Crippen LogP contribution < -0.4 is 10.1 Å². The van der Waals surface area contributed by atoms with Crippen molar-refractivity contribution in [3.05, 3.63) is 29.8 Å². The Kier molecular flexibility index (Phi) is 6.68. The van der Waals surface area contributed by atoms with Gasteiger partial charge in [0.15, 0.2) is 0 Å². The van der Waals surface area contributed by atoms with Crippen LogP contribution in [0.4, 0.5) is 0 Å². The van der Waals surface area contributed by atoms with Crippen molar-refractivity contribution in [2.24, 2.45) is 0 Å². The van der Waals surface area contributed by atoms with Gasteiger partial charge in [-0.1, -0.05) is 18.2 Å². The molecular weight excluding hydrogens is 280 g/mol. The Bertz CT molecular complexity index is 473. The van der Waals surface area contributed by atoms with Gasteiger partial charge in [-0.05, 0) is 18.9 Å². The van der Waals surface area contributed by atoms with Crippen molar-refractivity contribution < 1.29 is 14.3 Å². The summed E-state index contributed by atoms with van der Waals surface area (Å²) in [7, 11) is 3.36. The average molecular weight is 306 g/mol. The number of carbonyl (C=O) groups excluding carboxylic acids is 1. The first-order valence-electron chi connectivity index (χ1n) is 7.89. The molecule has 0 aromatic heterocycles. The molecule has 0 spiro atoms. The number of rotatable bonds is 8. The zero-order chi connectivity index (χ0) is 15.8. The molecule has 22 heavy (non-hydrogen) atoms. The van der Waals surface area contributed by atoms with Crippen LogP contribution in [0.5, 0.6) is 5.75 Å². The van der Waals surface area contributed by atoms with Gasteiger partial charge in [0.05, 0.1) is 13.2 Å². The molecular formula is C17H26N2O3. The van der Waals surface area contributed by atoms with Crippen LogP contribution >= 0.6 is 0 Å². The summed E-state index contributed by atoms with van der Waals surface area (Å²) in [5, 5.41) is 2.68. The zero-order valence-corrected chi connectivity index (χ0v) is 13.5. The predicted octanol–water partition coefficient (Wildman–Crippen LogP) is 1.81. The summed E-state index contributed by atoms with van der Waals surface area (Å²) in [5.74, 6) is 0.956. The van der Waals surface area contributed by atoms with E-state index in [1.54, 1.807) is 14.2 Å². The highest BCUT2D eigenvalue weighted by Crippen LogP contribution is 2.21. The molecule has 122 valence electrons. The molecule has 0 aliphatic carbocycles. The van der Waals surface area contributed by atoms with Gasteiger partial charge in [-0.2, -0.15) is 0 Å². The van der Waals surface area contributed by atoms with Gasteiger partial charge in [-0.3, -0.25) is 9.69 Å². The SMILES string of the molecule is CNC(=O)CCN(Cc1ccccc1OC)C[C@@H]1CCCO1. The molecule has 0 saturated carbocycles. The lowest BCUT2D eigenvalue weighted by atomic mass is 10.1. The summed E-state index contributed by atoms with van der Waals surface area (Å²) in [6.45, 7) is 3.19. The number of methoxy groups -OCH3 is 1. The van der Waals surface area contributed by atoms with Crippen LogP contribution in [0.3, 0.4) is 0 Å². The standard InChI is InChI=1S/C17H26N2O3/c1-18-17(20)9-10-19(13-15-7-5-11-22-15)12-14-6-3-4-8-16(14)21-2/h3-4,6,8,15H,5,7,9-13H2,1-2H3,(H,18,20)/t15-/m0/s1. The molecule has 1 aliphatic rings. The van der Waals surface area contributed by atoms with Crippen molar-refractivity contribution in [3.8, 4) is 5.75 Å². The summed E-state index contributed by atoms with van der Waals surface area (Å²) in [6.07, 6.45) is 3.00. The molecule has 1 amide bonds. The minimum absolute atomic E-state index is 0.0670. The molecule has 1 aromatic rings. The van der Waals surface area contributed by atoms with E-state index in [0.29, 0.717) is 6.42 Å². The maximum atomic E-state index is 11.5.